The third-order valence-electron chi connectivity index (χ3n) is 2.65. The van der Waals surface area contributed by atoms with E-state index in [2.05, 4.69) is 33.9 Å². The SMILES string of the molecule is C=CCCCOc1c(Br)cccc1CNCCOC. The van der Waals surface area contributed by atoms with Crippen LogP contribution in [0.4, 0.5) is 0 Å². The maximum Gasteiger partial charge on any atom is 0.137 e. The van der Waals surface area contributed by atoms with E-state index in [1.807, 2.05) is 18.2 Å². The summed E-state index contributed by atoms with van der Waals surface area (Å²) in [5.74, 6) is 0.927. The molecule has 1 aromatic carbocycles. The average molecular weight is 328 g/mol. The molecule has 0 spiro atoms. The molecule has 0 saturated carbocycles. The van der Waals surface area contributed by atoms with Crippen LogP contribution in [-0.4, -0.2) is 26.9 Å². The number of unbranched alkanes of at least 4 members (excludes halogenated alkanes) is 1. The third kappa shape index (κ3) is 6.23. The highest BCUT2D eigenvalue weighted by atomic mass is 79.9. The van der Waals surface area contributed by atoms with Gasteiger partial charge in [0.1, 0.15) is 5.75 Å². The fourth-order valence-corrected chi connectivity index (χ4v) is 2.18. The van der Waals surface area contributed by atoms with Crippen molar-refractivity contribution in [1.82, 2.24) is 5.32 Å². The lowest BCUT2D eigenvalue weighted by Crippen LogP contribution is -2.19. The topological polar surface area (TPSA) is 30.5 Å². The fourth-order valence-electron chi connectivity index (χ4n) is 1.65. The number of methoxy groups -OCH3 is 1. The van der Waals surface area contributed by atoms with Crippen molar-refractivity contribution < 1.29 is 9.47 Å². The van der Waals surface area contributed by atoms with Gasteiger partial charge in [-0.2, -0.15) is 0 Å². The van der Waals surface area contributed by atoms with Crippen molar-refractivity contribution in [2.24, 2.45) is 0 Å². The molecule has 0 aliphatic carbocycles. The van der Waals surface area contributed by atoms with Gasteiger partial charge >= 0.3 is 0 Å². The van der Waals surface area contributed by atoms with E-state index in [9.17, 15) is 0 Å². The highest BCUT2D eigenvalue weighted by Gasteiger charge is 2.07. The molecule has 1 rings (SSSR count). The van der Waals surface area contributed by atoms with Crippen molar-refractivity contribution in [3.05, 3.63) is 40.9 Å². The second-order valence-corrected chi connectivity index (χ2v) is 5.03. The Labute approximate surface area is 124 Å². The van der Waals surface area contributed by atoms with Crippen molar-refractivity contribution in [1.29, 1.82) is 0 Å². The number of hydrogen-bond acceptors (Lipinski definition) is 3. The van der Waals surface area contributed by atoms with Crippen molar-refractivity contribution >= 4 is 15.9 Å². The Morgan fingerprint density at radius 2 is 2.21 bits per heavy atom. The summed E-state index contributed by atoms with van der Waals surface area (Å²) in [5, 5.41) is 3.33. The lowest BCUT2D eigenvalue weighted by Gasteiger charge is -2.13. The van der Waals surface area contributed by atoms with Crippen LogP contribution < -0.4 is 10.1 Å². The van der Waals surface area contributed by atoms with Gasteiger partial charge in [0.05, 0.1) is 17.7 Å². The van der Waals surface area contributed by atoms with Crippen LogP contribution in [0, 0.1) is 0 Å². The minimum absolute atomic E-state index is 0.708. The summed E-state index contributed by atoms with van der Waals surface area (Å²) in [6, 6.07) is 6.10. The molecule has 19 heavy (non-hydrogen) atoms. The number of nitrogens with one attached hydrogen (secondary N) is 1. The second-order valence-electron chi connectivity index (χ2n) is 4.18. The third-order valence-corrected chi connectivity index (χ3v) is 3.27. The zero-order valence-corrected chi connectivity index (χ0v) is 13.0. The van der Waals surface area contributed by atoms with E-state index in [1.165, 1.54) is 0 Å². The summed E-state index contributed by atoms with van der Waals surface area (Å²) in [6.45, 7) is 6.74. The van der Waals surface area contributed by atoms with Gasteiger partial charge in [-0.05, 0) is 34.8 Å². The molecule has 0 unspecified atom stereocenters. The summed E-state index contributed by atoms with van der Waals surface area (Å²) in [4.78, 5) is 0. The largest absolute Gasteiger partial charge is 0.492 e. The number of benzene rings is 1. The Bertz CT molecular complexity index is 382. The van der Waals surface area contributed by atoms with E-state index in [4.69, 9.17) is 9.47 Å². The maximum atomic E-state index is 5.86. The predicted octanol–water partition coefficient (Wildman–Crippen LogP) is 3.53. The Hall–Kier alpha value is -0.840. The summed E-state index contributed by atoms with van der Waals surface area (Å²) in [6.07, 6.45) is 3.88. The smallest absolute Gasteiger partial charge is 0.137 e. The predicted molar refractivity (Wildman–Crippen MR) is 82.7 cm³/mol. The van der Waals surface area contributed by atoms with E-state index in [0.717, 1.165) is 41.7 Å². The van der Waals surface area contributed by atoms with Gasteiger partial charge in [0.25, 0.3) is 0 Å². The van der Waals surface area contributed by atoms with Crippen LogP contribution in [0.1, 0.15) is 18.4 Å². The van der Waals surface area contributed by atoms with Crippen LogP contribution in [0.2, 0.25) is 0 Å². The molecule has 3 nitrogen and oxygen atoms in total. The molecule has 0 aromatic heterocycles. The molecule has 0 radical (unpaired) electrons. The van der Waals surface area contributed by atoms with E-state index >= 15 is 0 Å². The summed E-state index contributed by atoms with van der Waals surface area (Å²) >= 11 is 3.54. The van der Waals surface area contributed by atoms with Gasteiger partial charge in [0.15, 0.2) is 0 Å². The van der Waals surface area contributed by atoms with Crippen LogP contribution in [0.25, 0.3) is 0 Å². The Kier molecular flexibility index (Phi) is 8.54. The molecule has 4 heteroatoms. The second kappa shape index (κ2) is 10.0. The van der Waals surface area contributed by atoms with Crippen LogP contribution in [0.5, 0.6) is 5.75 Å². The van der Waals surface area contributed by atoms with Crippen molar-refractivity contribution in [3.8, 4) is 5.75 Å². The zero-order chi connectivity index (χ0) is 13.9. The fraction of sp³-hybridized carbons (Fsp3) is 0.467. The minimum atomic E-state index is 0.708. The Morgan fingerprint density at radius 3 is 2.95 bits per heavy atom. The van der Waals surface area contributed by atoms with Crippen LogP contribution in [0.15, 0.2) is 35.3 Å². The van der Waals surface area contributed by atoms with Gasteiger partial charge in [-0.3, -0.25) is 0 Å². The van der Waals surface area contributed by atoms with Gasteiger partial charge in [-0.25, -0.2) is 0 Å². The van der Waals surface area contributed by atoms with Crippen LogP contribution in [0.3, 0.4) is 0 Å². The van der Waals surface area contributed by atoms with Gasteiger partial charge < -0.3 is 14.8 Å². The Balaban J connectivity index is 2.53. The summed E-state index contributed by atoms with van der Waals surface area (Å²) < 4.78 is 11.9. The molecule has 0 atom stereocenters. The van der Waals surface area contributed by atoms with Gasteiger partial charge in [-0.15, -0.1) is 6.58 Å². The maximum absolute atomic E-state index is 5.86. The average Bonchev–Trinajstić information content (AvgIpc) is 2.42. The van der Waals surface area contributed by atoms with Crippen molar-refractivity contribution in [2.45, 2.75) is 19.4 Å². The first-order valence-electron chi connectivity index (χ1n) is 6.50. The molecule has 0 amide bonds. The number of halogens is 1. The standard InChI is InChI=1S/C15H22BrNO2/c1-3-4-5-10-19-15-13(7-6-8-14(15)16)12-17-9-11-18-2/h3,6-8,17H,1,4-5,9-12H2,2H3. The van der Waals surface area contributed by atoms with Gasteiger partial charge in [0.2, 0.25) is 0 Å². The highest BCUT2D eigenvalue weighted by molar-refractivity contribution is 9.10. The Morgan fingerprint density at radius 1 is 1.37 bits per heavy atom. The number of para-hydroxylation sites is 1. The molecule has 0 aliphatic rings. The quantitative estimate of drug-likeness (QED) is 0.526. The molecule has 0 heterocycles. The monoisotopic (exact) mass is 327 g/mol. The molecule has 0 aliphatic heterocycles. The highest BCUT2D eigenvalue weighted by Crippen LogP contribution is 2.29. The molecule has 0 fully saturated rings. The van der Waals surface area contributed by atoms with Crippen LogP contribution in [-0.2, 0) is 11.3 Å². The van der Waals surface area contributed by atoms with E-state index in [1.54, 1.807) is 7.11 Å². The van der Waals surface area contributed by atoms with Gasteiger partial charge in [-0.1, -0.05) is 18.2 Å². The number of rotatable bonds is 10. The molecular weight excluding hydrogens is 306 g/mol. The lowest BCUT2D eigenvalue weighted by molar-refractivity contribution is 0.199. The normalized spacial score (nSPS) is 10.4. The summed E-state index contributed by atoms with van der Waals surface area (Å²) in [5.41, 5.74) is 1.16. The van der Waals surface area contributed by atoms with Crippen LogP contribution >= 0.6 is 15.9 Å². The van der Waals surface area contributed by atoms with Crippen molar-refractivity contribution in [3.63, 3.8) is 0 Å². The number of ether oxygens (including phenoxy) is 2. The van der Waals surface area contributed by atoms with Crippen molar-refractivity contribution in [2.75, 3.05) is 26.9 Å². The first-order chi connectivity index (χ1) is 9.29. The minimum Gasteiger partial charge on any atom is -0.492 e. The first-order valence-corrected chi connectivity index (χ1v) is 7.29. The first kappa shape index (κ1) is 16.2. The van der Waals surface area contributed by atoms with E-state index in [-0.39, 0.29) is 0 Å². The number of allylic oxidation sites excluding steroid dienone is 1. The van der Waals surface area contributed by atoms with E-state index < -0.39 is 0 Å². The van der Waals surface area contributed by atoms with Gasteiger partial charge in [0, 0.05) is 25.8 Å². The lowest BCUT2D eigenvalue weighted by atomic mass is 10.2. The molecule has 106 valence electrons. The number of hydrogen-bond donors (Lipinski definition) is 1. The molecule has 0 bridgehead atoms. The molecule has 0 saturated heterocycles. The molecule has 1 N–H and O–H groups in total. The van der Waals surface area contributed by atoms with E-state index in [0.29, 0.717) is 13.2 Å². The zero-order valence-electron chi connectivity index (χ0n) is 11.5. The molecular formula is C15H22BrNO2. The molecule has 1 aromatic rings. The summed E-state index contributed by atoms with van der Waals surface area (Å²) in [7, 11) is 1.70.